The van der Waals surface area contributed by atoms with Gasteiger partial charge >= 0.3 is 0 Å². The predicted octanol–water partition coefficient (Wildman–Crippen LogP) is -0.707. The lowest BCUT2D eigenvalue weighted by Crippen LogP contribution is -2.34. The molecule has 0 spiro atoms. The van der Waals surface area contributed by atoms with E-state index in [4.69, 9.17) is 18.0 Å². The number of nitrogens with zero attached hydrogens (tertiary/aromatic N) is 3. The zero-order valence-corrected chi connectivity index (χ0v) is 9.91. The molecule has 0 saturated heterocycles. The Labute approximate surface area is 98.8 Å². The Morgan fingerprint density at radius 3 is 2.94 bits per heavy atom. The van der Waals surface area contributed by atoms with E-state index >= 15 is 0 Å². The number of hydrogen-bond acceptors (Lipinski definition) is 5. The molecule has 0 saturated carbocycles. The molecule has 6 nitrogen and oxygen atoms in total. The number of amides is 1. The second kappa shape index (κ2) is 5.36. The van der Waals surface area contributed by atoms with Crippen LogP contribution in [-0.2, 0) is 4.79 Å². The van der Waals surface area contributed by atoms with Crippen LogP contribution in [0.15, 0.2) is 12.3 Å². The Kier molecular flexibility index (Phi) is 4.12. The first-order chi connectivity index (χ1) is 7.56. The highest BCUT2D eigenvalue weighted by molar-refractivity contribution is 7.80. The molecule has 1 amide bonds. The first kappa shape index (κ1) is 12.3. The summed E-state index contributed by atoms with van der Waals surface area (Å²) in [5, 5.41) is 10.2. The molecular formula is C9H13N5OS. The summed E-state index contributed by atoms with van der Waals surface area (Å²) in [6.45, 7) is 0.171. The van der Waals surface area contributed by atoms with E-state index in [0.29, 0.717) is 11.4 Å². The molecule has 1 heterocycles. The Morgan fingerprint density at radius 1 is 1.69 bits per heavy atom. The standard InChI is InChI=1S/C9H13N5OS/c1-11-7(15)5-14(2)9-6(8(10)16)3-4-12-13-9/h3-4H,5H2,1-2H3,(H2,10,16)(H,11,15). The Morgan fingerprint density at radius 2 is 2.38 bits per heavy atom. The minimum Gasteiger partial charge on any atom is -0.389 e. The van der Waals surface area contributed by atoms with Crippen LogP contribution in [0.1, 0.15) is 5.56 Å². The van der Waals surface area contributed by atoms with Crippen LogP contribution in [0.3, 0.4) is 0 Å². The van der Waals surface area contributed by atoms with Gasteiger partial charge in [0.1, 0.15) is 4.99 Å². The highest BCUT2D eigenvalue weighted by atomic mass is 32.1. The molecule has 0 aliphatic carbocycles. The van der Waals surface area contributed by atoms with Crippen molar-refractivity contribution < 1.29 is 4.79 Å². The van der Waals surface area contributed by atoms with Gasteiger partial charge in [-0.15, -0.1) is 5.10 Å². The summed E-state index contributed by atoms with van der Waals surface area (Å²) in [5.41, 5.74) is 6.16. The molecule has 1 rings (SSSR count). The van der Waals surface area contributed by atoms with Gasteiger partial charge in [0.2, 0.25) is 5.91 Å². The van der Waals surface area contributed by atoms with Crippen molar-refractivity contribution >= 4 is 28.9 Å². The van der Waals surface area contributed by atoms with Gasteiger partial charge in [0, 0.05) is 14.1 Å². The fraction of sp³-hybridized carbons (Fsp3) is 0.333. The van der Waals surface area contributed by atoms with E-state index in [1.54, 1.807) is 25.1 Å². The molecule has 0 aliphatic rings. The van der Waals surface area contributed by atoms with Crippen molar-refractivity contribution in [3.63, 3.8) is 0 Å². The van der Waals surface area contributed by atoms with Gasteiger partial charge in [0.15, 0.2) is 5.82 Å². The summed E-state index contributed by atoms with van der Waals surface area (Å²) < 4.78 is 0. The van der Waals surface area contributed by atoms with Crippen LogP contribution in [0.5, 0.6) is 0 Å². The van der Waals surface area contributed by atoms with Crippen molar-refractivity contribution in [3.8, 4) is 0 Å². The number of carbonyl (C=O) groups is 1. The van der Waals surface area contributed by atoms with Crippen LogP contribution in [0.2, 0.25) is 0 Å². The van der Waals surface area contributed by atoms with Crippen LogP contribution < -0.4 is 16.0 Å². The van der Waals surface area contributed by atoms with Crippen LogP contribution in [-0.4, -0.2) is 41.7 Å². The molecule has 0 atom stereocenters. The van der Waals surface area contributed by atoms with E-state index < -0.39 is 0 Å². The lowest BCUT2D eigenvalue weighted by molar-refractivity contribution is -0.119. The molecule has 0 unspecified atom stereocenters. The van der Waals surface area contributed by atoms with Gasteiger partial charge in [0.25, 0.3) is 0 Å². The summed E-state index contributed by atoms with van der Waals surface area (Å²) in [6.07, 6.45) is 1.51. The minimum atomic E-state index is -0.123. The van der Waals surface area contributed by atoms with Crippen LogP contribution in [0.4, 0.5) is 5.82 Å². The maximum atomic E-state index is 11.2. The van der Waals surface area contributed by atoms with Gasteiger partial charge in [0.05, 0.1) is 18.3 Å². The minimum absolute atomic E-state index is 0.123. The first-order valence-electron chi connectivity index (χ1n) is 4.59. The second-order valence-corrected chi connectivity index (χ2v) is 3.60. The number of nitrogens with one attached hydrogen (secondary N) is 1. The topological polar surface area (TPSA) is 84.1 Å². The molecule has 86 valence electrons. The smallest absolute Gasteiger partial charge is 0.239 e. The van der Waals surface area contributed by atoms with Crippen molar-refractivity contribution in [1.29, 1.82) is 0 Å². The fourth-order valence-corrected chi connectivity index (χ4v) is 1.33. The number of hydrogen-bond donors (Lipinski definition) is 2. The van der Waals surface area contributed by atoms with E-state index in [1.165, 1.54) is 6.20 Å². The lowest BCUT2D eigenvalue weighted by atomic mass is 10.2. The van der Waals surface area contributed by atoms with Crippen LogP contribution in [0.25, 0.3) is 0 Å². The number of aromatic nitrogens is 2. The highest BCUT2D eigenvalue weighted by Gasteiger charge is 2.13. The molecule has 1 aromatic heterocycles. The molecule has 0 radical (unpaired) electrons. The SMILES string of the molecule is CNC(=O)CN(C)c1nnccc1C(N)=S. The van der Waals surface area contributed by atoms with Crippen LogP contribution in [0, 0.1) is 0 Å². The number of rotatable bonds is 4. The number of likely N-dealkylation sites (N-methyl/N-ethyl adjacent to an activating group) is 2. The molecule has 1 aromatic rings. The normalized spacial score (nSPS) is 9.62. The predicted molar refractivity (Wildman–Crippen MR) is 65.3 cm³/mol. The maximum absolute atomic E-state index is 11.2. The number of anilines is 1. The van der Waals surface area contributed by atoms with E-state index in [-0.39, 0.29) is 17.4 Å². The molecule has 0 aliphatic heterocycles. The van der Waals surface area contributed by atoms with Gasteiger partial charge < -0.3 is 16.0 Å². The zero-order valence-electron chi connectivity index (χ0n) is 9.10. The fourth-order valence-electron chi connectivity index (χ4n) is 1.17. The third-order valence-electron chi connectivity index (χ3n) is 1.99. The average Bonchev–Trinajstić information content (AvgIpc) is 2.28. The first-order valence-corrected chi connectivity index (χ1v) is 5.00. The number of thiocarbonyl (C=S) groups is 1. The van der Waals surface area contributed by atoms with E-state index in [0.717, 1.165) is 0 Å². The van der Waals surface area contributed by atoms with Gasteiger partial charge in [-0.3, -0.25) is 4.79 Å². The van der Waals surface area contributed by atoms with Gasteiger partial charge in [-0.25, -0.2) is 0 Å². The average molecular weight is 239 g/mol. The number of nitrogens with two attached hydrogens (primary N) is 1. The van der Waals surface area contributed by atoms with E-state index in [2.05, 4.69) is 15.5 Å². The summed E-state index contributed by atoms with van der Waals surface area (Å²) in [5.74, 6) is 0.376. The van der Waals surface area contributed by atoms with Crippen molar-refractivity contribution in [2.24, 2.45) is 5.73 Å². The largest absolute Gasteiger partial charge is 0.389 e. The Bertz CT molecular complexity index is 409. The summed E-state index contributed by atoms with van der Waals surface area (Å²) >= 11 is 4.89. The maximum Gasteiger partial charge on any atom is 0.239 e. The third kappa shape index (κ3) is 2.86. The summed E-state index contributed by atoms with van der Waals surface area (Å²) in [6, 6.07) is 1.67. The molecule has 0 fully saturated rings. The van der Waals surface area contributed by atoms with Gasteiger partial charge in [-0.2, -0.15) is 5.10 Å². The van der Waals surface area contributed by atoms with Gasteiger partial charge in [-0.05, 0) is 6.07 Å². The molecular weight excluding hydrogens is 226 g/mol. The van der Waals surface area contributed by atoms with Crippen molar-refractivity contribution in [2.45, 2.75) is 0 Å². The molecule has 0 aromatic carbocycles. The Balaban J connectivity index is 2.94. The molecule has 7 heteroatoms. The van der Waals surface area contributed by atoms with Crippen molar-refractivity contribution in [3.05, 3.63) is 17.8 Å². The summed E-state index contributed by atoms with van der Waals surface area (Å²) in [7, 11) is 3.29. The molecule has 3 N–H and O–H groups in total. The number of carbonyl (C=O) groups excluding carboxylic acids is 1. The van der Waals surface area contributed by atoms with Crippen LogP contribution >= 0.6 is 12.2 Å². The molecule has 16 heavy (non-hydrogen) atoms. The van der Waals surface area contributed by atoms with Crippen molar-refractivity contribution in [1.82, 2.24) is 15.5 Å². The Hall–Kier alpha value is -1.76. The summed E-state index contributed by atoms with van der Waals surface area (Å²) in [4.78, 5) is 13.1. The third-order valence-corrected chi connectivity index (χ3v) is 2.21. The van der Waals surface area contributed by atoms with E-state index in [1.807, 2.05) is 0 Å². The molecule has 0 bridgehead atoms. The zero-order chi connectivity index (χ0) is 12.1. The lowest BCUT2D eigenvalue weighted by Gasteiger charge is -2.18. The second-order valence-electron chi connectivity index (χ2n) is 3.16. The quantitative estimate of drug-likeness (QED) is 0.675. The monoisotopic (exact) mass is 239 g/mol. The van der Waals surface area contributed by atoms with Crippen molar-refractivity contribution in [2.75, 3.05) is 25.5 Å². The van der Waals surface area contributed by atoms with E-state index in [9.17, 15) is 4.79 Å². The highest BCUT2D eigenvalue weighted by Crippen LogP contribution is 2.13. The van der Waals surface area contributed by atoms with Gasteiger partial charge in [-0.1, -0.05) is 12.2 Å².